The number of rotatable bonds is 3. The van der Waals surface area contributed by atoms with Gasteiger partial charge in [0.25, 0.3) is 0 Å². The van der Waals surface area contributed by atoms with Crippen LogP contribution in [-0.2, 0) is 0 Å². The molecule has 4 nitrogen and oxygen atoms in total. The molecular formula is C8H18BNO3. The van der Waals surface area contributed by atoms with E-state index in [1.54, 1.807) is 0 Å². The van der Waals surface area contributed by atoms with Gasteiger partial charge < -0.3 is 20.9 Å². The lowest BCUT2D eigenvalue weighted by Crippen LogP contribution is -2.40. The van der Waals surface area contributed by atoms with Crippen molar-refractivity contribution in [2.24, 2.45) is 11.7 Å². The largest absolute Gasteiger partial charge is 0.451 e. The van der Waals surface area contributed by atoms with Gasteiger partial charge >= 0.3 is 7.12 Å². The molecule has 0 bridgehead atoms. The Morgan fingerprint density at radius 2 is 2.00 bits per heavy atom. The van der Waals surface area contributed by atoms with Crippen LogP contribution >= 0.6 is 0 Å². The van der Waals surface area contributed by atoms with Crippen LogP contribution < -0.4 is 5.73 Å². The molecule has 1 saturated carbocycles. The summed E-state index contributed by atoms with van der Waals surface area (Å²) in [6.45, 7) is 0. The van der Waals surface area contributed by atoms with Gasteiger partial charge in [-0.25, -0.2) is 0 Å². The first kappa shape index (κ1) is 11.0. The van der Waals surface area contributed by atoms with E-state index in [0.29, 0.717) is 12.2 Å². The third-order valence-corrected chi connectivity index (χ3v) is 2.80. The second-order valence-electron chi connectivity index (χ2n) is 3.97. The summed E-state index contributed by atoms with van der Waals surface area (Å²) in [7, 11) is -1.21. The van der Waals surface area contributed by atoms with Crippen molar-refractivity contribution in [3.63, 3.8) is 0 Å². The first-order chi connectivity index (χ1) is 6.09. The summed E-state index contributed by atoms with van der Waals surface area (Å²) in [5.41, 5.74) is 5.70. The number of aliphatic hydroxyl groups is 1. The Morgan fingerprint density at radius 1 is 1.31 bits per heavy atom. The van der Waals surface area contributed by atoms with Crippen LogP contribution in [0.5, 0.6) is 0 Å². The van der Waals surface area contributed by atoms with Crippen molar-refractivity contribution in [3.05, 3.63) is 0 Å². The van der Waals surface area contributed by atoms with E-state index in [4.69, 9.17) is 15.8 Å². The third-order valence-electron chi connectivity index (χ3n) is 2.80. The first-order valence-electron chi connectivity index (χ1n) is 4.89. The maximum absolute atomic E-state index is 9.35. The average Bonchev–Trinajstić information content (AvgIpc) is 2.07. The molecule has 0 spiro atoms. The molecule has 0 saturated heterocycles. The molecule has 0 aromatic heterocycles. The number of nitrogens with two attached hydrogens (primary N) is 1. The topological polar surface area (TPSA) is 86.7 Å². The fraction of sp³-hybridized carbons (Fsp3) is 1.00. The van der Waals surface area contributed by atoms with Crippen LogP contribution in [0.3, 0.4) is 0 Å². The molecular weight excluding hydrogens is 169 g/mol. The molecule has 1 aliphatic rings. The highest BCUT2D eigenvalue weighted by molar-refractivity contribution is 6.40. The standard InChI is InChI=1S/C8H18BNO3/c10-7-5-6(1-2-8(7)11)3-4-9(12)13/h6-8,11-13H,1-5,10H2/t6-,7-,8-/m0/s1. The molecule has 0 aromatic carbocycles. The van der Waals surface area contributed by atoms with E-state index in [1.165, 1.54) is 0 Å². The van der Waals surface area contributed by atoms with Gasteiger partial charge in [-0.2, -0.15) is 0 Å². The van der Waals surface area contributed by atoms with Gasteiger partial charge in [-0.1, -0.05) is 6.42 Å². The smallest absolute Gasteiger partial charge is 0.427 e. The summed E-state index contributed by atoms with van der Waals surface area (Å²) in [6, 6.07) is -0.130. The Morgan fingerprint density at radius 3 is 2.54 bits per heavy atom. The SMILES string of the molecule is N[C@H]1C[C@H](CCB(O)O)CC[C@@H]1O. The fourth-order valence-corrected chi connectivity index (χ4v) is 1.93. The molecule has 0 heterocycles. The van der Waals surface area contributed by atoms with Crippen molar-refractivity contribution in [2.75, 3.05) is 0 Å². The summed E-state index contributed by atoms with van der Waals surface area (Å²) in [5, 5.41) is 26.7. The van der Waals surface area contributed by atoms with Crippen molar-refractivity contribution < 1.29 is 15.2 Å². The quantitative estimate of drug-likeness (QED) is 0.441. The predicted molar refractivity (Wildman–Crippen MR) is 50.9 cm³/mol. The maximum atomic E-state index is 9.35. The summed E-state index contributed by atoms with van der Waals surface area (Å²) in [6.07, 6.45) is 3.32. The molecule has 5 heteroatoms. The van der Waals surface area contributed by atoms with Gasteiger partial charge in [0, 0.05) is 6.04 Å². The minimum absolute atomic E-state index is 0.130. The lowest BCUT2D eigenvalue weighted by atomic mass is 9.75. The molecule has 1 rings (SSSR count). The molecule has 0 aliphatic heterocycles. The van der Waals surface area contributed by atoms with Gasteiger partial charge in [-0.15, -0.1) is 0 Å². The highest BCUT2D eigenvalue weighted by Crippen LogP contribution is 2.27. The summed E-state index contributed by atoms with van der Waals surface area (Å²) >= 11 is 0. The van der Waals surface area contributed by atoms with Gasteiger partial charge in [0.05, 0.1) is 6.10 Å². The molecule has 0 aromatic rings. The first-order valence-corrected chi connectivity index (χ1v) is 4.89. The minimum Gasteiger partial charge on any atom is -0.427 e. The lowest BCUT2D eigenvalue weighted by molar-refractivity contribution is 0.0855. The van der Waals surface area contributed by atoms with Crippen molar-refractivity contribution in [1.29, 1.82) is 0 Å². The second-order valence-corrected chi connectivity index (χ2v) is 3.97. The van der Waals surface area contributed by atoms with Crippen molar-refractivity contribution in [2.45, 2.75) is 44.1 Å². The maximum Gasteiger partial charge on any atom is 0.451 e. The Balaban J connectivity index is 2.21. The summed E-state index contributed by atoms with van der Waals surface area (Å²) in [5.74, 6) is 0.445. The minimum atomic E-state index is -1.21. The van der Waals surface area contributed by atoms with Crippen LogP contribution in [0.1, 0.15) is 25.7 Å². The van der Waals surface area contributed by atoms with Crippen LogP contribution in [-0.4, -0.2) is 34.4 Å². The highest BCUT2D eigenvalue weighted by atomic mass is 16.4. The van der Waals surface area contributed by atoms with Gasteiger partial charge in [0.15, 0.2) is 0 Å². The molecule has 0 radical (unpaired) electrons. The molecule has 1 fully saturated rings. The Hall–Kier alpha value is -0.0951. The molecule has 0 amide bonds. The summed E-state index contributed by atoms with van der Waals surface area (Å²) < 4.78 is 0. The molecule has 13 heavy (non-hydrogen) atoms. The Kier molecular flexibility index (Phi) is 4.19. The normalized spacial score (nSPS) is 34.6. The van der Waals surface area contributed by atoms with Crippen LogP contribution in [0.4, 0.5) is 0 Å². The Labute approximate surface area is 78.9 Å². The zero-order valence-electron chi connectivity index (χ0n) is 7.76. The number of hydrogen-bond acceptors (Lipinski definition) is 4. The van der Waals surface area contributed by atoms with Crippen LogP contribution in [0.2, 0.25) is 6.32 Å². The molecule has 0 unspecified atom stereocenters. The van der Waals surface area contributed by atoms with Crippen LogP contribution in [0, 0.1) is 5.92 Å². The zero-order valence-corrected chi connectivity index (χ0v) is 7.76. The molecule has 76 valence electrons. The van der Waals surface area contributed by atoms with Crippen molar-refractivity contribution in [1.82, 2.24) is 0 Å². The lowest BCUT2D eigenvalue weighted by Gasteiger charge is -2.30. The van der Waals surface area contributed by atoms with E-state index in [1.807, 2.05) is 0 Å². The number of hydrogen-bond donors (Lipinski definition) is 4. The van der Waals surface area contributed by atoms with E-state index in [-0.39, 0.29) is 12.1 Å². The van der Waals surface area contributed by atoms with Crippen LogP contribution in [0.25, 0.3) is 0 Å². The van der Waals surface area contributed by atoms with Gasteiger partial charge in [-0.3, -0.25) is 0 Å². The van der Waals surface area contributed by atoms with Crippen LogP contribution in [0.15, 0.2) is 0 Å². The van der Waals surface area contributed by atoms with Crippen molar-refractivity contribution in [3.8, 4) is 0 Å². The fourth-order valence-electron chi connectivity index (χ4n) is 1.93. The molecule has 3 atom stereocenters. The van der Waals surface area contributed by atoms with Gasteiger partial charge in [0.1, 0.15) is 0 Å². The monoisotopic (exact) mass is 187 g/mol. The van der Waals surface area contributed by atoms with E-state index >= 15 is 0 Å². The molecule has 5 N–H and O–H groups in total. The van der Waals surface area contributed by atoms with Gasteiger partial charge in [0.2, 0.25) is 0 Å². The zero-order chi connectivity index (χ0) is 9.84. The van der Waals surface area contributed by atoms with E-state index < -0.39 is 7.12 Å². The van der Waals surface area contributed by atoms with E-state index in [0.717, 1.165) is 25.7 Å². The van der Waals surface area contributed by atoms with Crippen molar-refractivity contribution >= 4 is 7.12 Å². The Bertz CT molecular complexity index is 156. The van der Waals surface area contributed by atoms with E-state index in [2.05, 4.69) is 0 Å². The average molecular weight is 187 g/mol. The summed E-state index contributed by atoms with van der Waals surface area (Å²) in [4.78, 5) is 0. The number of aliphatic hydroxyl groups excluding tert-OH is 1. The second kappa shape index (κ2) is 4.95. The molecule has 1 aliphatic carbocycles. The van der Waals surface area contributed by atoms with E-state index in [9.17, 15) is 5.11 Å². The predicted octanol–water partition coefficient (Wildman–Crippen LogP) is -0.662. The third kappa shape index (κ3) is 3.64. The van der Waals surface area contributed by atoms with Gasteiger partial charge in [-0.05, 0) is 31.5 Å². The highest BCUT2D eigenvalue weighted by Gasteiger charge is 2.26.